The number of fused-ring (bicyclic) bond motifs is 1. The number of ether oxygens (including phenoxy) is 1. The van der Waals surface area contributed by atoms with Gasteiger partial charge in [-0.25, -0.2) is 4.39 Å². The van der Waals surface area contributed by atoms with E-state index in [1.165, 1.54) is 12.1 Å². The van der Waals surface area contributed by atoms with Gasteiger partial charge in [0.2, 0.25) is 5.62 Å². The number of aromatic nitrogens is 2. The molecule has 0 saturated carbocycles. The summed E-state index contributed by atoms with van der Waals surface area (Å²) in [4.78, 5) is 0. The van der Waals surface area contributed by atoms with Crippen LogP contribution in [0.15, 0.2) is 66.7 Å². The van der Waals surface area contributed by atoms with Crippen molar-refractivity contribution in [3.8, 4) is 5.75 Å². The quantitative estimate of drug-likeness (QED) is 0.374. The predicted molar refractivity (Wildman–Crippen MR) is 118 cm³/mol. The second-order valence-corrected chi connectivity index (χ2v) is 7.45. The van der Waals surface area contributed by atoms with Crippen molar-refractivity contribution in [2.45, 2.75) is 26.4 Å². The molecule has 0 saturated heterocycles. The van der Waals surface area contributed by atoms with Crippen LogP contribution in [0.1, 0.15) is 17.5 Å². The monoisotopic (exact) mass is 399 g/mol. The smallest absolute Gasteiger partial charge is 0.203 e. The Hall–Kier alpha value is -3.28. The van der Waals surface area contributed by atoms with E-state index in [0.29, 0.717) is 31.1 Å². The third-order valence-corrected chi connectivity index (χ3v) is 5.15. The molecule has 0 aliphatic heterocycles. The summed E-state index contributed by atoms with van der Waals surface area (Å²) in [6.07, 6.45) is 0.739. The maximum absolute atomic E-state index is 13.0. The Morgan fingerprint density at radius 3 is 2.40 bits per heavy atom. The topological polar surface area (TPSA) is 42.9 Å². The first kappa shape index (κ1) is 20.0. The Balaban J connectivity index is 1.55. The van der Waals surface area contributed by atoms with E-state index in [2.05, 4.69) is 25.1 Å². The fraction of sp³-hybridized carbons (Fsp3) is 0.208. The van der Waals surface area contributed by atoms with Crippen LogP contribution in [0.3, 0.4) is 0 Å². The number of rotatable bonds is 7. The lowest BCUT2D eigenvalue weighted by Crippen LogP contribution is -2.25. The van der Waals surface area contributed by atoms with Crippen molar-refractivity contribution >= 4 is 24.3 Å². The molecule has 0 fully saturated rings. The second-order valence-electron chi connectivity index (χ2n) is 7.45. The molecule has 6 heteroatoms. The molecule has 4 nitrogen and oxygen atoms in total. The zero-order chi connectivity index (χ0) is 21.1. The van der Waals surface area contributed by atoms with Crippen molar-refractivity contribution in [3.05, 3.63) is 89.3 Å². The van der Waals surface area contributed by atoms with Gasteiger partial charge in [-0.2, -0.15) is 0 Å². The van der Waals surface area contributed by atoms with E-state index < -0.39 is 0 Å². The van der Waals surface area contributed by atoms with Crippen LogP contribution in [0.25, 0.3) is 11.0 Å². The van der Waals surface area contributed by atoms with Crippen molar-refractivity contribution in [1.29, 1.82) is 5.41 Å². The van der Waals surface area contributed by atoms with E-state index >= 15 is 0 Å². The normalized spacial score (nSPS) is 11.1. The molecule has 1 N–H and O–H groups in total. The molecule has 3 aromatic carbocycles. The molecule has 0 unspecified atom stereocenters. The van der Waals surface area contributed by atoms with Crippen LogP contribution in [-0.2, 0) is 13.1 Å². The zero-order valence-electron chi connectivity index (χ0n) is 16.9. The second kappa shape index (κ2) is 8.62. The molecule has 0 aliphatic carbocycles. The molecule has 2 radical (unpaired) electrons. The van der Waals surface area contributed by atoms with Gasteiger partial charge in [-0.15, -0.1) is 0 Å². The van der Waals surface area contributed by atoms with Crippen molar-refractivity contribution in [2.24, 2.45) is 0 Å². The summed E-state index contributed by atoms with van der Waals surface area (Å²) < 4.78 is 22.8. The third kappa shape index (κ3) is 4.33. The summed E-state index contributed by atoms with van der Waals surface area (Å²) in [6, 6.07) is 20.1. The van der Waals surface area contributed by atoms with E-state index in [9.17, 15) is 4.39 Å². The Bertz CT molecular complexity index is 1210. The maximum Gasteiger partial charge on any atom is 0.203 e. The minimum atomic E-state index is -0.277. The van der Waals surface area contributed by atoms with Crippen molar-refractivity contribution in [2.75, 3.05) is 6.61 Å². The van der Waals surface area contributed by atoms with E-state index in [1.807, 2.05) is 33.4 Å². The van der Waals surface area contributed by atoms with Gasteiger partial charge < -0.3 is 13.9 Å². The maximum atomic E-state index is 13.0. The molecule has 4 rings (SSSR count). The van der Waals surface area contributed by atoms with Gasteiger partial charge in [0.05, 0.1) is 24.2 Å². The first-order valence-corrected chi connectivity index (χ1v) is 9.98. The lowest BCUT2D eigenvalue weighted by atomic mass is 9.95. The predicted octanol–water partition coefficient (Wildman–Crippen LogP) is 3.68. The molecule has 0 aliphatic rings. The zero-order valence-corrected chi connectivity index (χ0v) is 16.9. The Labute approximate surface area is 176 Å². The summed E-state index contributed by atoms with van der Waals surface area (Å²) >= 11 is 0. The van der Waals surface area contributed by atoms with Gasteiger partial charge in [0, 0.05) is 6.54 Å². The molecule has 1 aromatic heterocycles. The van der Waals surface area contributed by atoms with Crippen LogP contribution in [0.2, 0.25) is 0 Å². The highest BCUT2D eigenvalue weighted by molar-refractivity contribution is 6.32. The standard InChI is InChI=1S/C24H23BFN3O/c1-17-3-12-22-23(15-17)29(16-18-4-6-19(25)7-5-18)24(27)28(22)13-2-14-30-21-10-8-20(26)9-11-21/h3-12,15,27H,2,13-14,16H2,1H3. The highest BCUT2D eigenvalue weighted by Gasteiger charge is 2.11. The third-order valence-electron chi connectivity index (χ3n) is 5.15. The molecule has 30 heavy (non-hydrogen) atoms. The first-order chi connectivity index (χ1) is 14.5. The summed E-state index contributed by atoms with van der Waals surface area (Å²) in [6.45, 7) is 3.82. The highest BCUT2D eigenvalue weighted by Crippen LogP contribution is 2.17. The lowest BCUT2D eigenvalue weighted by Gasteiger charge is -2.08. The van der Waals surface area contributed by atoms with Gasteiger partial charge in [-0.3, -0.25) is 5.41 Å². The van der Waals surface area contributed by atoms with Crippen LogP contribution in [0.5, 0.6) is 5.75 Å². The van der Waals surface area contributed by atoms with E-state index in [-0.39, 0.29) is 5.82 Å². The van der Waals surface area contributed by atoms with Gasteiger partial charge in [-0.1, -0.05) is 35.8 Å². The number of halogens is 1. The van der Waals surface area contributed by atoms with Crippen molar-refractivity contribution in [3.63, 3.8) is 0 Å². The van der Waals surface area contributed by atoms with Crippen LogP contribution >= 0.6 is 0 Å². The number of benzene rings is 3. The van der Waals surface area contributed by atoms with Crippen LogP contribution in [0.4, 0.5) is 4.39 Å². The molecule has 0 spiro atoms. The Kier molecular flexibility index (Phi) is 5.75. The number of nitrogens with zero attached hydrogens (tertiary/aromatic N) is 2. The van der Waals surface area contributed by atoms with Gasteiger partial charge in [0.1, 0.15) is 19.4 Å². The average Bonchev–Trinajstić information content (AvgIpc) is 2.99. The Morgan fingerprint density at radius 1 is 0.933 bits per heavy atom. The average molecular weight is 399 g/mol. The van der Waals surface area contributed by atoms with Crippen molar-refractivity contribution in [1.82, 2.24) is 9.13 Å². The molecule has 0 atom stereocenters. The molecule has 1 heterocycles. The highest BCUT2D eigenvalue weighted by atomic mass is 19.1. The van der Waals surface area contributed by atoms with Crippen LogP contribution in [-0.4, -0.2) is 23.6 Å². The summed E-state index contributed by atoms with van der Waals surface area (Å²) in [5.74, 6) is 0.370. The van der Waals surface area contributed by atoms with Gasteiger partial charge in [0.25, 0.3) is 0 Å². The van der Waals surface area contributed by atoms with Gasteiger partial charge >= 0.3 is 0 Å². The number of nitrogens with one attached hydrogen (secondary N) is 1. The largest absolute Gasteiger partial charge is 0.494 e. The molecule has 4 aromatic rings. The molecule has 150 valence electrons. The van der Waals surface area contributed by atoms with E-state index in [4.69, 9.17) is 18.0 Å². The van der Waals surface area contributed by atoms with Gasteiger partial charge in [-0.05, 0) is 60.9 Å². The van der Waals surface area contributed by atoms with E-state index in [0.717, 1.165) is 34.0 Å². The SMILES string of the molecule is [B]c1ccc(Cn2c(=N)n(CCCOc3ccc(F)cc3)c3ccc(C)cc32)cc1. The molecular weight excluding hydrogens is 376 g/mol. The fourth-order valence-electron chi connectivity index (χ4n) is 3.59. The van der Waals surface area contributed by atoms with E-state index in [1.54, 1.807) is 12.1 Å². The molecular formula is C24H23BFN3O. The van der Waals surface area contributed by atoms with Gasteiger partial charge in [0.15, 0.2) is 0 Å². The minimum absolute atomic E-state index is 0.277. The van der Waals surface area contributed by atoms with Crippen LogP contribution in [0, 0.1) is 18.2 Å². The molecule has 0 amide bonds. The number of hydrogen-bond acceptors (Lipinski definition) is 2. The summed E-state index contributed by atoms with van der Waals surface area (Å²) in [5.41, 5.74) is 5.51. The summed E-state index contributed by atoms with van der Waals surface area (Å²) in [7, 11) is 5.80. The fourth-order valence-corrected chi connectivity index (χ4v) is 3.59. The van der Waals surface area contributed by atoms with Crippen molar-refractivity contribution < 1.29 is 9.13 Å². The summed E-state index contributed by atoms with van der Waals surface area (Å²) in [5, 5.41) is 8.78. The minimum Gasteiger partial charge on any atom is -0.494 e. The first-order valence-electron chi connectivity index (χ1n) is 9.98. The number of imidazole rings is 1. The number of aryl methyl sites for hydroxylation is 2. The number of hydrogen-bond donors (Lipinski definition) is 1. The molecule has 0 bridgehead atoms. The lowest BCUT2D eigenvalue weighted by molar-refractivity contribution is 0.300. The Morgan fingerprint density at radius 2 is 1.67 bits per heavy atom. The van der Waals surface area contributed by atoms with Crippen LogP contribution < -0.4 is 15.8 Å².